The van der Waals surface area contributed by atoms with Gasteiger partial charge in [-0.15, -0.1) is 0 Å². The Hall–Kier alpha value is 0.440. The van der Waals surface area contributed by atoms with Crippen LogP contribution in [0.5, 0.6) is 0 Å². The third kappa shape index (κ3) is 5.69. The Kier molecular flexibility index (Phi) is 6.92. The van der Waals surface area contributed by atoms with Crippen LogP contribution < -0.4 is 0 Å². The van der Waals surface area contributed by atoms with Crippen LogP contribution in [0.25, 0.3) is 0 Å². The second kappa shape index (κ2) is 7.81. The number of hydrogen-bond donors (Lipinski definition) is 0. The molecule has 1 heterocycles. The molecule has 0 aromatic carbocycles. The molecular weight excluding hydrogens is 196 g/mol. The van der Waals surface area contributed by atoms with Crippen molar-refractivity contribution in [3.8, 4) is 0 Å². The van der Waals surface area contributed by atoms with Gasteiger partial charge in [0.05, 0.1) is 0 Å². The maximum atomic E-state index is 2.32. The molecule has 0 spiro atoms. The van der Waals surface area contributed by atoms with Gasteiger partial charge in [-0.1, -0.05) is 73.1 Å². The van der Waals surface area contributed by atoms with Crippen LogP contribution >= 0.6 is 21.6 Å². The van der Waals surface area contributed by atoms with Crippen molar-refractivity contribution in [3.05, 3.63) is 11.5 Å². The maximum Gasteiger partial charge on any atom is 0.0229 e. The van der Waals surface area contributed by atoms with Crippen LogP contribution in [0.3, 0.4) is 0 Å². The summed E-state index contributed by atoms with van der Waals surface area (Å²) >= 11 is 0. The van der Waals surface area contributed by atoms with Gasteiger partial charge in [0.25, 0.3) is 0 Å². The van der Waals surface area contributed by atoms with E-state index in [1.165, 1.54) is 44.3 Å². The zero-order valence-corrected chi connectivity index (χ0v) is 10.1. The van der Waals surface area contributed by atoms with Crippen LogP contribution in [-0.2, 0) is 0 Å². The van der Waals surface area contributed by atoms with E-state index in [1.54, 1.807) is 0 Å². The van der Waals surface area contributed by atoms with E-state index in [4.69, 9.17) is 0 Å². The highest BCUT2D eigenvalue weighted by Crippen LogP contribution is 2.27. The van der Waals surface area contributed by atoms with Gasteiger partial charge in [0.15, 0.2) is 0 Å². The predicted octanol–water partition coefficient (Wildman–Crippen LogP) is 4.87. The molecule has 1 aliphatic carbocycles. The van der Waals surface area contributed by atoms with E-state index >= 15 is 0 Å². The Morgan fingerprint density at radius 3 is 2.31 bits per heavy atom. The minimum atomic E-state index is 1.09. The fourth-order valence-electron chi connectivity index (χ4n) is 1.79. The second-order valence-electron chi connectivity index (χ2n) is 3.66. The summed E-state index contributed by atoms with van der Waals surface area (Å²) in [4.78, 5) is 0. The molecule has 0 bridgehead atoms. The summed E-state index contributed by atoms with van der Waals surface area (Å²) in [6, 6.07) is 0. The highest BCUT2D eigenvalue weighted by Gasteiger charge is 2.09. The van der Waals surface area contributed by atoms with Crippen molar-refractivity contribution in [1.29, 1.82) is 0 Å². The molecule has 2 aliphatic rings. The first-order valence-electron chi connectivity index (χ1n) is 5.36. The van der Waals surface area contributed by atoms with E-state index in [0.717, 1.165) is 5.92 Å². The Balaban J connectivity index is 0.000000145. The molecule has 1 fully saturated rings. The molecule has 13 heavy (non-hydrogen) atoms. The van der Waals surface area contributed by atoms with Gasteiger partial charge in [0.1, 0.15) is 0 Å². The Morgan fingerprint density at radius 1 is 1.23 bits per heavy atom. The highest BCUT2D eigenvalue weighted by molar-refractivity contribution is 8.78. The molecule has 1 aliphatic heterocycles. The quantitative estimate of drug-likeness (QED) is 0.573. The molecule has 2 rings (SSSR count). The van der Waals surface area contributed by atoms with Crippen LogP contribution in [0.2, 0.25) is 0 Å². The Labute approximate surface area is 90.3 Å². The van der Waals surface area contributed by atoms with Gasteiger partial charge in [0, 0.05) is 5.75 Å². The van der Waals surface area contributed by atoms with Crippen molar-refractivity contribution in [2.45, 2.75) is 45.4 Å². The van der Waals surface area contributed by atoms with Gasteiger partial charge in [-0.3, -0.25) is 0 Å². The van der Waals surface area contributed by atoms with Gasteiger partial charge in [-0.25, -0.2) is 0 Å². The van der Waals surface area contributed by atoms with Gasteiger partial charge in [-0.05, 0) is 11.3 Å². The van der Waals surface area contributed by atoms with Crippen molar-refractivity contribution >= 4 is 21.6 Å². The molecule has 0 saturated heterocycles. The topological polar surface area (TPSA) is 0 Å². The predicted molar refractivity (Wildman–Crippen MR) is 66.1 cm³/mol. The van der Waals surface area contributed by atoms with Crippen LogP contribution in [-0.4, -0.2) is 5.75 Å². The SMILES string of the molecule is C1=CSSC1.CCC1CCCCC1. The number of hydrogen-bond acceptors (Lipinski definition) is 2. The Morgan fingerprint density at radius 2 is 2.00 bits per heavy atom. The second-order valence-corrected chi connectivity index (χ2v) is 5.98. The van der Waals surface area contributed by atoms with Crippen molar-refractivity contribution in [3.63, 3.8) is 0 Å². The standard InChI is InChI=1S/C8H16.C3H4S2/c1-2-8-6-4-3-5-7-8;1-2-4-5-3-1/h8H,2-7H2,1H3;1-2H,3H2. The van der Waals surface area contributed by atoms with Crippen molar-refractivity contribution < 1.29 is 0 Å². The van der Waals surface area contributed by atoms with Crippen molar-refractivity contribution in [2.75, 3.05) is 5.75 Å². The van der Waals surface area contributed by atoms with E-state index in [1.807, 2.05) is 21.6 Å². The summed E-state index contributed by atoms with van der Waals surface area (Å²) in [6.45, 7) is 2.32. The van der Waals surface area contributed by atoms with E-state index < -0.39 is 0 Å². The molecule has 0 radical (unpaired) electrons. The summed E-state index contributed by atoms with van der Waals surface area (Å²) in [5, 5.41) is 2.12. The molecule has 0 aromatic rings. The van der Waals surface area contributed by atoms with Gasteiger partial charge in [-0.2, -0.15) is 0 Å². The van der Waals surface area contributed by atoms with Crippen molar-refractivity contribution in [1.82, 2.24) is 0 Å². The molecule has 76 valence electrons. The summed E-state index contributed by atoms with van der Waals surface area (Å²) in [5.74, 6) is 2.29. The normalized spacial score (nSPS) is 22.5. The lowest BCUT2D eigenvalue weighted by Gasteiger charge is -2.18. The minimum Gasteiger partial charge on any atom is -0.0854 e. The highest BCUT2D eigenvalue weighted by atomic mass is 33.1. The smallest absolute Gasteiger partial charge is 0.0229 e. The zero-order chi connectivity index (χ0) is 9.36. The van der Waals surface area contributed by atoms with E-state index in [0.29, 0.717) is 0 Å². The maximum absolute atomic E-state index is 2.32. The summed E-state index contributed by atoms with van der Waals surface area (Å²) < 4.78 is 0. The first-order valence-corrected chi connectivity index (χ1v) is 7.75. The largest absolute Gasteiger partial charge is 0.0854 e. The number of rotatable bonds is 1. The molecule has 1 saturated carbocycles. The fourth-order valence-corrected chi connectivity index (χ4v) is 3.36. The van der Waals surface area contributed by atoms with E-state index in [2.05, 4.69) is 18.4 Å². The van der Waals surface area contributed by atoms with Gasteiger partial charge < -0.3 is 0 Å². The fraction of sp³-hybridized carbons (Fsp3) is 0.818. The lowest BCUT2D eigenvalue weighted by Crippen LogP contribution is -2.03. The Bertz CT molecular complexity index is 131. The summed E-state index contributed by atoms with van der Waals surface area (Å²) in [5.41, 5.74) is 0. The molecule has 0 amide bonds. The molecule has 0 aromatic heterocycles. The zero-order valence-electron chi connectivity index (χ0n) is 8.50. The lowest BCUT2D eigenvalue weighted by atomic mass is 9.88. The van der Waals surface area contributed by atoms with Gasteiger partial charge in [0.2, 0.25) is 0 Å². The van der Waals surface area contributed by atoms with Crippen LogP contribution in [0.1, 0.15) is 45.4 Å². The first kappa shape index (κ1) is 11.5. The first-order chi connectivity index (χ1) is 6.43. The summed E-state index contributed by atoms with van der Waals surface area (Å²) in [6.07, 6.45) is 11.1. The molecule has 2 heteroatoms. The lowest BCUT2D eigenvalue weighted by molar-refractivity contribution is 0.349. The molecular formula is C11H20S2. The monoisotopic (exact) mass is 216 g/mol. The molecule has 0 unspecified atom stereocenters. The molecule has 0 N–H and O–H groups in total. The molecule has 0 nitrogen and oxygen atoms in total. The van der Waals surface area contributed by atoms with E-state index in [-0.39, 0.29) is 0 Å². The molecule has 0 atom stereocenters. The van der Waals surface area contributed by atoms with Crippen LogP contribution in [0.15, 0.2) is 11.5 Å². The summed E-state index contributed by atoms with van der Waals surface area (Å²) in [7, 11) is 3.69. The average molecular weight is 216 g/mol. The van der Waals surface area contributed by atoms with Crippen LogP contribution in [0.4, 0.5) is 0 Å². The van der Waals surface area contributed by atoms with Crippen LogP contribution in [0, 0.1) is 5.92 Å². The van der Waals surface area contributed by atoms with Gasteiger partial charge >= 0.3 is 0 Å². The van der Waals surface area contributed by atoms with Crippen molar-refractivity contribution in [2.24, 2.45) is 5.92 Å². The third-order valence-corrected chi connectivity index (χ3v) is 4.60. The van der Waals surface area contributed by atoms with E-state index in [9.17, 15) is 0 Å². The minimum absolute atomic E-state index is 1.09. The average Bonchev–Trinajstić information content (AvgIpc) is 2.77. The third-order valence-electron chi connectivity index (χ3n) is 2.69.